The first-order valence-electron chi connectivity index (χ1n) is 7.52. The second kappa shape index (κ2) is 8.02. The van der Waals surface area contributed by atoms with E-state index < -0.39 is 14.6 Å². The number of hydrogen-bond donors (Lipinski definition) is 2. The predicted molar refractivity (Wildman–Crippen MR) is 97.9 cm³/mol. The van der Waals surface area contributed by atoms with Crippen LogP contribution in [0.1, 0.15) is 39.3 Å². The highest BCUT2D eigenvalue weighted by molar-refractivity contribution is 7.92. The molecule has 0 spiro atoms. The van der Waals surface area contributed by atoms with Crippen LogP contribution >= 0.6 is 11.6 Å². The van der Waals surface area contributed by atoms with E-state index in [1.165, 1.54) is 0 Å². The molecule has 0 aliphatic carbocycles. The van der Waals surface area contributed by atoms with Crippen molar-refractivity contribution in [2.75, 3.05) is 19.3 Å². The minimum atomic E-state index is -3.15. The molecule has 5 nitrogen and oxygen atoms in total. The Morgan fingerprint density at radius 1 is 1.26 bits per heavy atom. The van der Waals surface area contributed by atoms with E-state index in [2.05, 4.69) is 15.6 Å². The molecule has 0 aliphatic heterocycles. The Labute approximate surface area is 144 Å². The third-order valence-corrected chi connectivity index (χ3v) is 6.40. The van der Waals surface area contributed by atoms with Gasteiger partial charge in [-0.15, -0.1) is 0 Å². The molecule has 0 aliphatic rings. The molecule has 0 heterocycles. The molecule has 2 N–H and O–H groups in total. The largest absolute Gasteiger partial charge is 0.355 e. The molecule has 130 valence electrons. The molecule has 1 atom stereocenters. The Kier molecular flexibility index (Phi) is 6.89. The van der Waals surface area contributed by atoms with Crippen LogP contribution in [0.5, 0.6) is 0 Å². The fourth-order valence-corrected chi connectivity index (χ4v) is 2.95. The first kappa shape index (κ1) is 19.8. The average molecular weight is 360 g/mol. The Morgan fingerprint density at radius 3 is 2.30 bits per heavy atom. The summed E-state index contributed by atoms with van der Waals surface area (Å²) in [6.45, 7) is 7.43. The molecule has 0 radical (unpaired) electrons. The summed E-state index contributed by atoms with van der Waals surface area (Å²) in [7, 11) is -1.49. The molecule has 1 aromatic carbocycles. The lowest BCUT2D eigenvalue weighted by molar-refractivity contribution is 0.558. The van der Waals surface area contributed by atoms with Gasteiger partial charge in [0.05, 0.1) is 16.5 Å². The third-order valence-electron chi connectivity index (χ3n) is 3.54. The number of halogens is 1. The summed E-state index contributed by atoms with van der Waals surface area (Å²) in [5.41, 5.74) is 1.07. The van der Waals surface area contributed by atoms with Crippen molar-refractivity contribution in [1.82, 2.24) is 10.6 Å². The van der Waals surface area contributed by atoms with Crippen molar-refractivity contribution in [1.29, 1.82) is 0 Å². The summed E-state index contributed by atoms with van der Waals surface area (Å²) in [5, 5.41) is 6.96. The molecule has 0 saturated carbocycles. The number of aliphatic imine (C=N–C) groups is 1. The molecule has 0 amide bonds. The van der Waals surface area contributed by atoms with Crippen LogP contribution in [-0.2, 0) is 9.84 Å². The maximum absolute atomic E-state index is 12.1. The van der Waals surface area contributed by atoms with Gasteiger partial charge >= 0.3 is 0 Å². The molecule has 1 unspecified atom stereocenters. The van der Waals surface area contributed by atoms with E-state index in [9.17, 15) is 8.42 Å². The van der Waals surface area contributed by atoms with Gasteiger partial charge in [-0.25, -0.2) is 8.42 Å². The summed E-state index contributed by atoms with van der Waals surface area (Å²) in [6, 6.07) is 7.58. The highest BCUT2D eigenvalue weighted by Gasteiger charge is 2.28. The van der Waals surface area contributed by atoms with E-state index in [0.29, 0.717) is 17.5 Å². The molecule has 0 bridgehead atoms. The second-order valence-electron chi connectivity index (χ2n) is 6.35. The van der Waals surface area contributed by atoms with Crippen LogP contribution in [0.2, 0.25) is 5.02 Å². The topological polar surface area (TPSA) is 70.6 Å². The quantitative estimate of drug-likeness (QED) is 0.626. The zero-order chi connectivity index (χ0) is 17.7. The van der Waals surface area contributed by atoms with Crippen LogP contribution in [0.3, 0.4) is 0 Å². The number of benzene rings is 1. The van der Waals surface area contributed by atoms with Crippen molar-refractivity contribution in [3.63, 3.8) is 0 Å². The van der Waals surface area contributed by atoms with E-state index in [-0.39, 0.29) is 11.8 Å². The molecule has 7 heteroatoms. The van der Waals surface area contributed by atoms with Gasteiger partial charge in [0.25, 0.3) is 0 Å². The Morgan fingerprint density at radius 2 is 1.83 bits per heavy atom. The summed E-state index contributed by atoms with van der Waals surface area (Å²) in [5.74, 6) is 0.628. The van der Waals surface area contributed by atoms with Crippen LogP contribution in [-0.4, -0.2) is 38.5 Å². The van der Waals surface area contributed by atoms with Crippen LogP contribution in [0.15, 0.2) is 29.3 Å². The molecule has 0 aromatic heterocycles. The second-order valence-corrected chi connectivity index (χ2v) is 9.65. The van der Waals surface area contributed by atoms with Gasteiger partial charge in [-0.05, 0) is 45.4 Å². The zero-order valence-electron chi connectivity index (χ0n) is 14.4. The van der Waals surface area contributed by atoms with Crippen LogP contribution in [0, 0.1) is 0 Å². The van der Waals surface area contributed by atoms with Gasteiger partial charge in [-0.1, -0.05) is 23.7 Å². The standard InChI is InChI=1S/C16H26ClN3O2S/c1-12(13-6-8-14(17)9-7-13)20-15(18-5)19-10-11-23(21,22)16(2,3)4/h6-9,12H,10-11H2,1-5H3,(H2,18,19,20). The number of hydrogen-bond acceptors (Lipinski definition) is 3. The fourth-order valence-electron chi connectivity index (χ4n) is 1.84. The van der Waals surface area contributed by atoms with Crippen molar-refractivity contribution in [3.8, 4) is 0 Å². The fraction of sp³-hybridized carbons (Fsp3) is 0.562. The van der Waals surface area contributed by atoms with Crippen LogP contribution in [0.4, 0.5) is 0 Å². The first-order chi connectivity index (χ1) is 10.6. The maximum atomic E-state index is 12.1. The minimum absolute atomic E-state index is 0.0256. The van der Waals surface area contributed by atoms with E-state index in [1.54, 1.807) is 27.8 Å². The van der Waals surface area contributed by atoms with Crippen molar-refractivity contribution in [2.45, 2.75) is 38.5 Å². The van der Waals surface area contributed by atoms with Crippen molar-refractivity contribution in [3.05, 3.63) is 34.9 Å². The van der Waals surface area contributed by atoms with Crippen molar-refractivity contribution >= 4 is 27.4 Å². The molecular weight excluding hydrogens is 334 g/mol. The lowest BCUT2D eigenvalue weighted by atomic mass is 10.1. The molecule has 23 heavy (non-hydrogen) atoms. The zero-order valence-corrected chi connectivity index (χ0v) is 15.9. The highest BCUT2D eigenvalue weighted by atomic mass is 35.5. The number of nitrogens with zero attached hydrogens (tertiary/aromatic N) is 1. The van der Waals surface area contributed by atoms with Crippen molar-refractivity contribution in [2.24, 2.45) is 4.99 Å². The first-order valence-corrected chi connectivity index (χ1v) is 9.55. The minimum Gasteiger partial charge on any atom is -0.355 e. The van der Waals surface area contributed by atoms with E-state index in [1.807, 2.05) is 31.2 Å². The molecule has 0 fully saturated rings. The number of guanidine groups is 1. The SMILES string of the molecule is CN=C(NCCS(=O)(=O)C(C)(C)C)NC(C)c1ccc(Cl)cc1. The van der Waals surface area contributed by atoms with E-state index >= 15 is 0 Å². The number of nitrogens with one attached hydrogen (secondary N) is 2. The highest BCUT2D eigenvalue weighted by Crippen LogP contribution is 2.16. The lowest BCUT2D eigenvalue weighted by Gasteiger charge is -2.21. The number of rotatable bonds is 5. The Bertz CT molecular complexity index is 634. The monoisotopic (exact) mass is 359 g/mol. The summed E-state index contributed by atoms with van der Waals surface area (Å²) >= 11 is 5.88. The molecule has 1 rings (SSSR count). The van der Waals surface area contributed by atoms with Gasteiger partial charge in [0.15, 0.2) is 15.8 Å². The van der Waals surface area contributed by atoms with E-state index in [0.717, 1.165) is 5.56 Å². The Hall–Kier alpha value is -1.27. The molecular formula is C16H26ClN3O2S. The number of sulfone groups is 1. The molecule has 0 saturated heterocycles. The van der Waals surface area contributed by atoms with Gasteiger partial charge in [-0.3, -0.25) is 4.99 Å². The van der Waals surface area contributed by atoms with Gasteiger partial charge < -0.3 is 10.6 Å². The van der Waals surface area contributed by atoms with Gasteiger partial charge in [-0.2, -0.15) is 0 Å². The normalized spacial score (nSPS) is 14.4. The summed E-state index contributed by atoms with van der Waals surface area (Å²) < 4.78 is 23.4. The smallest absolute Gasteiger partial charge is 0.191 e. The molecule has 1 aromatic rings. The van der Waals surface area contributed by atoms with Gasteiger partial charge in [0.1, 0.15) is 0 Å². The van der Waals surface area contributed by atoms with E-state index in [4.69, 9.17) is 11.6 Å². The summed E-state index contributed by atoms with van der Waals surface area (Å²) in [6.07, 6.45) is 0. The third kappa shape index (κ3) is 6.03. The predicted octanol–water partition coefficient (Wildman–Crippen LogP) is 2.78. The maximum Gasteiger partial charge on any atom is 0.191 e. The Balaban J connectivity index is 2.57. The average Bonchev–Trinajstić information content (AvgIpc) is 2.45. The summed E-state index contributed by atoms with van der Waals surface area (Å²) in [4.78, 5) is 4.13. The van der Waals surface area contributed by atoms with Crippen LogP contribution in [0.25, 0.3) is 0 Å². The van der Waals surface area contributed by atoms with Gasteiger partial charge in [0.2, 0.25) is 0 Å². The lowest BCUT2D eigenvalue weighted by Crippen LogP contribution is -2.42. The van der Waals surface area contributed by atoms with Gasteiger partial charge in [0, 0.05) is 18.6 Å². The van der Waals surface area contributed by atoms with Crippen molar-refractivity contribution < 1.29 is 8.42 Å². The van der Waals surface area contributed by atoms with Crippen LogP contribution < -0.4 is 10.6 Å².